The number of para-hydroxylation sites is 1. The third-order valence-corrected chi connectivity index (χ3v) is 6.71. The van der Waals surface area contributed by atoms with Crippen LogP contribution in [0.1, 0.15) is 27.9 Å². The van der Waals surface area contributed by atoms with Crippen LogP contribution in [0.2, 0.25) is 0 Å². The minimum atomic E-state index is 0.127. The maximum absolute atomic E-state index is 13.4. The standard InChI is InChI=1S/C29H28N2O2/c1-20-26(23-10-12-25(33-2)13-11-23)7-5-8-27(20)29(32)31-15-14-21(19-31)16-22-17-24-6-3-4-9-28(24)30-18-22/h3-13,17-18,21H,14-16,19H2,1-2H3. The number of likely N-dealkylation sites (tertiary alicyclic amines) is 1. The van der Waals surface area contributed by atoms with Crippen LogP contribution >= 0.6 is 0 Å². The highest BCUT2D eigenvalue weighted by Gasteiger charge is 2.28. The lowest BCUT2D eigenvalue weighted by molar-refractivity contribution is 0.0786. The van der Waals surface area contributed by atoms with Gasteiger partial charge in [-0.3, -0.25) is 9.78 Å². The van der Waals surface area contributed by atoms with Gasteiger partial charge in [-0.25, -0.2) is 0 Å². The largest absolute Gasteiger partial charge is 0.497 e. The Morgan fingerprint density at radius 1 is 1.06 bits per heavy atom. The molecule has 1 fully saturated rings. The molecular weight excluding hydrogens is 408 g/mol. The van der Waals surface area contributed by atoms with E-state index in [4.69, 9.17) is 4.74 Å². The van der Waals surface area contributed by atoms with Crippen LogP contribution in [0.3, 0.4) is 0 Å². The molecule has 3 aromatic carbocycles. The van der Waals surface area contributed by atoms with Gasteiger partial charge in [-0.1, -0.05) is 42.5 Å². The van der Waals surface area contributed by atoms with E-state index in [9.17, 15) is 4.79 Å². The first kappa shape index (κ1) is 21.2. The number of pyridine rings is 1. The number of benzene rings is 3. The lowest BCUT2D eigenvalue weighted by atomic mass is 9.95. The van der Waals surface area contributed by atoms with Crippen LogP contribution in [-0.2, 0) is 6.42 Å². The Hall–Kier alpha value is -3.66. The first-order valence-electron chi connectivity index (χ1n) is 11.5. The quantitative estimate of drug-likeness (QED) is 0.390. The lowest BCUT2D eigenvalue weighted by Crippen LogP contribution is -2.29. The maximum atomic E-state index is 13.4. The van der Waals surface area contributed by atoms with Crippen molar-refractivity contribution in [2.45, 2.75) is 19.8 Å². The molecule has 1 saturated heterocycles. The monoisotopic (exact) mass is 436 g/mol. The van der Waals surface area contributed by atoms with Crippen LogP contribution in [0.4, 0.5) is 0 Å². The van der Waals surface area contributed by atoms with Gasteiger partial charge in [-0.2, -0.15) is 0 Å². The van der Waals surface area contributed by atoms with E-state index in [2.05, 4.69) is 23.2 Å². The molecule has 0 aliphatic carbocycles. The molecule has 33 heavy (non-hydrogen) atoms. The second kappa shape index (κ2) is 9.07. The summed E-state index contributed by atoms with van der Waals surface area (Å²) in [7, 11) is 1.67. The van der Waals surface area contributed by atoms with Crippen molar-refractivity contribution in [2.24, 2.45) is 5.92 Å². The second-order valence-corrected chi connectivity index (χ2v) is 8.85. The summed E-state index contributed by atoms with van der Waals surface area (Å²) in [5, 5.41) is 1.17. The van der Waals surface area contributed by atoms with Gasteiger partial charge in [0.05, 0.1) is 12.6 Å². The first-order valence-corrected chi connectivity index (χ1v) is 11.5. The summed E-state index contributed by atoms with van der Waals surface area (Å²) < 4.78 is 5.27. The molecule has 1 aliphatic heterocycles. The van der Waals surface area contributed by atoms with Crippen LogP contribution in [0, 0.1) is 12.8 Å². The molecule has 166 valence electrons. The number of amides is 1. The van der Waals surface area contributed by atoms with Crippen LogP contribution in [0.25, 0.3) is 22.0 Å². The Morgan fingerprint density at radius 2 is 1.88 bits per heavy atom. The summed E-state index contributed by atoms with van der Waals surface area (Å²) in [5.41, 5.74) is 6.25. The average molecular weight is 437 g/mol. The van der Waals surface area contributed by atoms with Gasteiger partial charge in [0.15, 0.2) is 0 Å². The van der Waals surface area contributed by atoms with E-state index in [0.717, 1.165) is 59.5 Å². The van der Waals surface area contributed by atoms with Crippen molar-refractivity contribution in [3.63, 3.8) is 0 Å². The van der Waals surface area contributed by atoms with Crippen molar-refractivity contribution in [1.82, 2.24) is 9.88 Å². The zero-order valence-electron chi connectivity index (χ0n) is 19.1. The van der Waals surface area contributed by atoms with Crippen molar-refractivity contribution in [3.8, 4) is 16.9 Å². The Balaban J connectivity index is 1.30. The third-order valence-electron chi connectivity index (χ3n) is 6.71. The topological polar surface area (TPSA) is 42.4 Å². The molecule has 1 atom stereocenters. The van der Waals surface area contributed by atoms with Gasteiger partial charge in [-0.15, -0.1) is 0 Å². The van der Waals surface area contributed by atoms with Crippen molar-refractivity contribution in [2.75, 3.05) is 20.2 Å². The fourth-order valence-corrected chi connectivity index (χ4v) is 4.87. The molecule has 1 aromatic heterocycles. The third kappa shape index (κ3) is 4.34. The van der Waals surface area contributed by atoms with E-state index in [1.165, 1.54) is 10.9 Å². The average Bonchev–Trinajstić information content (AvgIpc) is 3.32. The van der Waals surface area contributed by atoms with E-state index in [1.807, 2.05) is 72.6 Å². The normalized spacial score (nSPS) is 15.7. The Morgan fingerprint density at radius 3 is 2.70 bits per heavy atom. The molecule has 4 aromatic rings. The van der Waals surface area contributed by atoms with Gasteiger partial charge >= 0.3 is 0 Å². The number of carbonyl (C=O) groups is 1. The maximum Gasteiger partial charge on any atom is 0.254 e. The summed E-state index contributed by atoms with van der Waals surface area (Å²) in [6.45, 7) is 3.63. The Labute approximate surface area is 194 Å². The van der Waals surface area contributed by atoms with E-state index >= 15 is 0 Å². The number of carbonyl (C=O) groups excluding carboxylic acids is 1. The molecule has 1 aliphatic rings. The van der Waals surface area contributed by atoms with Gasteiger partial charge < -0.3 is 9.64 Å². The SMILES string of the molecule is COc1ccc(-c2cccc(C(=O)N3CCC(Cc4cnc5ccccc5c4)C3)c2C)cc1. The predicted octanol–water partition coefficient (Wildman–Crippen LogP) is 5.92. The van der Waals surface area contributed by atoms with E-state index in [-0.39, 0.29) is 5.91 Å². The van der Waals surface area contributed by atoms with Crippen molar-refractivity contribution >= 4 is 16.8 Å². The van der Waals surface area contributed by atoms with E-state index in [1.54, 1.807) is 7.11 Å². The molecular formula is C29H28N2O2. The molecule has 1 amide bonds. The summed E-state index contributed by atoms with van der Waals surface area (Å²) in [6.07, 6.45) is 3.96. The van der Waals surface area contributed by atoms with Crippen molar-refractivity contribution in [1.29, 1.82) is 0 Å². The highest BCUT2D eigenvalue weighted by Crippen LogP contribution is 2.30. The molecule has 0 bridgehead atoms. The first-order chi connectivity index (χ1) is 16.1. The number of fused-ring (bicyclic) bond motifs is 1. The van der Waals surface area contributed by atoms with Crippen molar-refractivity contribution in [3.05, 3.63) is 95.7 Å². The molecule has 0 N–H and O–H groups in total. The van der Waals surface area contributed by atoms with Crippen LogP contribution in [-0.4, -0.2) is 36.0 Å². The molecule has 0 spiro atoms. The van der Waals surface area contributed by atoms with Gasteiger partial charge in [0.25, 0.3) is 5.91 Å². The molecule has 4 nitrogen and oxygen atoms in total. The fraction of sp³-hybridized carbons (Fsp3) is 0.241. The van der Waals surface area contributed by atoms with Crippen LogP contribution in [0.15, 0.2) is 79.0 Å². The number of methoxy groups -OCH3 is 1. The molecule has 5 rings (SSSR count). The fourth-order valence-electron chi connectivity index (χ4n) is 4.87. The predicted molar refractivity (Wildman–Crippen MR) is 133 cm³/mol. The van der Waals surface area contributed by atoms with Gasteiger partial charge in [0.1, 0.15) is 5.75 Å². The number of aromatic nitrogens is 1. The molecule has 1 unspecified atom stereocenters. The number of nitrogens with zero attached hydrogens (tertiary/aromatic N) is 2. The minimum Gasteiger partial charge on any atom is -0.497 e. The molecule has 4 heteroatoms. The zero-order valence-corrected chi connectivity index (χ0v) is 19.1. The Bertz CT molecular complexity index is 1300. The van der Waals surface area contributed by atoms with Gasteiger partial charge in [0.2, 0.25) is 0 Å². The smallest absolute Gasteiger partial charge is 0.254 e. The van der Waals surface area contributed by atoms with Gasteiger partial charge in [0, 0.05) is 30.2 Å². The zero-order chi connectivity index (χ0) is 22.8. The number of ether oxygens (including phenoxy) is 1. The van der Waals surface area contributed by atoms with Gasteiger partial charge in [-0.05, 0) is 78.3 Å². The summed E-state index contributed by atoms with van der Waals surface area (Å²) >= 11 is 0. The highest BCUT2D eigenvalue weighted by atomic mass is 16.5. The molecule has 0 radical (unpaired) electrons. The lowest BCUT2D eigenvalue weighted by Gasteiger charge is -2.19. The van der Waals surface area contributed by atoms with Crippen molar-refractivity contribution < 1.29 is 9.53 Å². The van der Waals surface area contributed by atoms with E-state index in [0.29, 0.717) is 5.92 Å². The van der Waals surface area contributed by atoms with Crippen LogP contribution < -0.4 is 4.74 Å². The second-order valence-electron chi connectivity index (χ2n) is 8.85. The van der Waals surface area contributed by atoms with E-state index < -0.39 is 0 Å². The summed E-state index contributed by atoms with van der Waals surface area (Å²) in [4.78, 5) is 20.0. The Kier molecular flexibility index (Phi) is 5.82. The number of rotatable bonds is 5. The number of hydrogen-bond donors (Lipinski definition) is 0. The summed E-state index contributed by atoms with van der Waals surface area (Å²) in [6, 6.07) is 24.4. The summed E-state index contributed by atoms with van der Waals surface area (Å²) in [5.74, 6) is 1.41. The van der Waals surface area contributed by atoms with Crippen LogP contribution in [0.5, 0.6) is 5.75 Å². The molecule has 2 heterocycles. The molecule has 0 saturated carbocycles. The number of hydrogen-bond acceptors (Lipinski definition) is 3. The highest BCUT2D eigenvalue weighted by molar-refractivity contribution is 5.97. The minimum absolute atomic E-state index is 0.127.